The maximum atomic E-state index is 12.4. The zero-order valence-corrected chi connectivity index (χ0v) is 15.0. The largest absolute Gasteiger partial charge is 0.372 e. The maximum absolute atomic E-state index is 12.4. The van der Waals surface area contributed by atoms with Gasteiger partial charge in [0, 0.05) is 24.3 Å². The van der Waals surface area contributed by atoms with Gasteiger partial charge in [-0.05, 0) is 56.7 Å². The SMILES string of the molecule is CCN(CC)c1ccc(C(=O)Nc2nc3c(C)cccc3s2)cc1. The average molecular weight is 339 g/mol. The Morgan fingerprint density at radius 3 is 2.46 bits per heavy atom. The molecule has 3 rings (SSSR count). The first-order chi connectivity index (χ1) is 11.6. The molecule has 24 heavy (non-hydrogen) atoms. The fourth-order valence-electron chi connectivity index (χ4n) is 2.72. The van der Waals surface area contributed by atoms with Gasteiger partial charge < -0.3 is 4.90 Å². The van der Waals surface area contributed by atoms with Crippen LogP contribution < -0.4 is 10.2 Å². The second-order valence-corrected chi connectivity index (χ2v) is 6.64. The number of carbonyl (C=O) groups is 1. The van der Waals surface area contributed by atoms with Crippen molar-refractivity contribution in [2.75, 3.05) is 23.3 Å². The van der Waals surface area contributed by atoms with Crippen LogP contribution in [0.15, 0.2) is 42.5 Å². The van der Waals surface area contributed by atoms with Crippen molar-refractivity contribution in [2.45, 2.75) is 20.8 Å². The first kappa shape index (κ1) is 16.5. The number of rotatable bonds is 5. The van der Waals surface area contributed by atoms with Gasteiger partial charge in [0.1, 0.15) is 0 Å². The Hall–Kier alpha value is -2.40. The lowest BCUT2D eigenvalue weighted by atomic mass is 10.2. The highest BCUT2D eigenvalue weighted by Crippen LogP contribution is 2.28. The van der Waals surface area contributed by atoms with E-state index in [1.807, 2.05) is 49.4 Å². The minimum atomic E-state index is -0.127. The monoisotopic (exact) mass is 339 g/mol. The summed E-state index contributed by atoms with van der Waals surface area (Å²) in [6, 6.07) is 13.8. The van der Waals surface area contributed by atoms with Crippen molar-refractivity contribution < 1.29 is 4.79 Å². The van der Waals surface area contributed by atoms with Crippen LogP contribution in [-0.2, 0) is 0 Å². The number of hydrogen-bond acceptors (Lipinski definition) is 4. The van der Waals surface area contributed by atoms with E-state index in [-0.39, 0.29) is 5.91 Å². The molecule has 0 fully saturated rings. The van der Waals surface area contributed by atoms with Crippen LogP contribution in [0.3, 0.4) is 0 Å². The van der Waals surface area contributed by atoms with E-state index in [1.54, 1.807) is 0 Å². The van der Waals surface area contributed by atoms with Gasteiger partial charge in [-0.1, -0.05) is 23.5 Å². The summed E-state index contributed by atoms with van der Waals surface area (Å²) in [6.45, 7) is 8.18. The molecule has 0 spiro atoms. The van der Waals surface area contributed by atoms with E-state index in [4.69, 9.17) is 0 Å². The summed E-state index contributed by atoms with van der Waals surface area (Å²) in [5.74, 6) is -0.127. The van der Waals surface area contributed by atoms with E-state index in [0.717, 1.165) is 34.6 Å². The highest BCUT2D eigenvalue weighted by atomic mass is 32.1. The van der Waals surface area contributed by atoms with Gasteiger partial charge in [0.15, 0.2) is 5.13 Å². The van der Waals surface area contributed by atoms with Gasteiger partial charge in [0.25, 0.3) is 5.91 Å². The number of hydrogen-bond donors (Lipinski definition) is 1. The number of fused-ring (bicyclic) bond motifs is 1. The smallest absolute Gasteiger partial charge is 0.257 e. The van der Waals surface area contributed by atoms with Gasteiger partial charge >= 0.3 is 0 Å². The second kappa shape index (κ2) is 7.01. The molecule has 0 aliphatic rings. The molecule has 1 aromatic heterocycles. The molecule has 0 saturated carbocycles. The van der Waals surface area contributed by atoms with E-state index in [0.29, 0.717) is 10.7 Å². The van der Waals surface area contributed by atoms with Crippen molar-refractivity contribution in [3.63, 3.8) is 0 Å². The maximum Gasteiger partial charge on any atom is 0.257 e. The predicted molar refractivity (Wildman–Crippen MR) is 102 cm³/mol. The minimum absolute atomic E-state index is 0.127. The molecule has 0 aliphatic carbocycles. The highest BCUT2D eigenvalue weighted by Gasteiger charge is 2.11. The number of nitrogens with one attached hydrogen (secondary N) is 1. The molecule has 0 atom stereocenters. The molecule has 2 aromatic carbocycles. The Morgan fingerprint density at radius 1 is 1.12 bits per heavy atom. The van der Waals surface area contributed by atoms with Crippen LogP contribution in [0, 0.1) is 6.92 Å². The summed E-state index contributed by atoms with van der Waals surface area (Å²) in [5, 5.41) is 3.54. The van der Waals surface area contributed by atoms with Crippen LogP contribution in [0.2, 0.25) is 0 Å². The summed E-state index contributed by atoms with van der Waals surface area (Å²) < 4.78 is 1.09. The Labute approximate surface area is 146 Å². The van der Waals surface area contributed by atoms with E-state index >= 15 is 0 Å². The van der Waals surface area contributed by atoms with E-state index in [1.165, 1.54) is 11.3 Å². The molecule has 4 nitrogen and oxygen atoms in total. The lowest BCUT2D eigenvalue weighted by Gasteiger charge is -2.20. The Bertz CT molecular complexity index is 851. The Morgan fingerprint density at radius 2 is 1.83 bits per heavy atom. The van der Waals surface area contributed by atoms with Crippen molar-refractivity contribution in [1.82, 2.24) is 4.98 Å². The summed E-state index contributed by atoms with van der Waals surface area (Å²) in [4.78, 5) is 19.2. The topological polar surface area (TPSA) is 45.2 Å². The lowest BCUT2D eigenvalue weighted by molar-refractivity contribution is 0.102. The predicted octanol–water partition coefficient (Wildman–Crippen LogP) is 4.70. The van der Waals surface area contributed by atoms with Gasteiger partial charge in [-0.3, -0.25) is 10.1 Å². The first-order valence-corrected chi connectivity index (χ1v) is 8.96. The van der Waals surface area contributed by atoms with Crippen LogP contribution in [0.1, 0.15) is 29.8 Å². The summed E-state index contributed by atoms with van der Waals surface area (Å²) >= 11 is 1.50. The molecule has 124 valence electrons. The van der Waals surface area contributed by atoms with Crippen LogP contribution in [-0.4, -0.2) is 24.0 Å². The summed E-state index contributed by atoms with van der Waals surface area (Å²) in [7, 11) is 0. The van der Waals surface area contributed by atoms with Gasteiger partial charge in [0.05, 0.1) is 10.2 Å². The fourth-order valence-corrected chi connectivity index (χ4v) is 3.66. The van der Waals surface area contributed by atoms with E-state index < -0.39 is 0 Å². The molecule has 0 bridgehead atoms. The molecule has 1 amide bonds. The van der Waals surface area contributed by atoms with Crippen molar-refractivity contribution in [1.29, 1.82) is 0 Å². The minimum Gasteiger partial charge on any atom is -0.372 e. The molecular formula is C19H21N3OS. The standard InChI is InChI=1S/C19H21N3OS/c1-4-22(5-2)15-11-9-14(10-12-15)18(23)21-19-20-17-13(3)7-6-8-16(17)24-19/h6-12H,4-5H2,1-3H3,(H,20,21,23). The number of amides is 1. The molecular weight excluding hydrogens is 318 g/mol. The zero-order chi connectivity index (χ0) is 17.1. The van der Waals surface area contributed by atoms with Gasteiger partial charge in [0.2, 0.25) is 0 Å². The normalized spacial score (nSPS) is 10.8. The van der Waals surface area contributed by atoms with Gasteiger partial charge in [-0.2, -0.15) is 0 Å². The molecule has 3 aromatic rings. The zero-order valence-electron chi connectivity index (χ0n) is 14.2. The average Bonchev–Trinajstić information content (AvgIpc) is 3.00. The third-order valence-electron chi connectivity index (χ3n) is 4.10. The Kier molecular flexibility index (Phi) is 4.81. The third-order valence-corrected chi connectivity index (χ3v) is 5.04. The number of aryl methyl sites for hydroxylation is 1. The number of anilines is 2. The number of para-hydroxylation sites is 1. The third kappa shape index (κ3) is 3.26. The van der Waals surface area contributed by atoms with Gasteiger partial charge in [-0.15, -0.1) is 0 Å². The molecule has 0 radical (unpaired) electrons. The first-order valence-electron chi connectivity index (χ1n) is 8.15. The molecule has 0 aliphatic heterocycles. The molecule has 5 heteroatoms. The summed E-state index contributed by atoms with van der Waals surface area (Å²) in [5.41, 5.74) is 3.84. The van der Waals surface area contributed by atoms with Crippen LogP contribution in [0.25, 0.3) is 10.2 Å². The van der Waals surface area contributed by atoms with E-state index in [9.17, 15) is 4.79 Å². The van der Waals surface area contributed by atoms with Crippen molar-refractivity contribution in [2.24, 2.45) is 0 Å². The van der Waals surface area contributed by atoms with Crippen LogP contribution in [0.4, 0.5) is 10.8 Å². The lowest BCUT2D eigenvalue weighted by Crippen LogP contribution is -2.21. The van der Waals surface area contributed by atoms with Crippen LogP contribution >= 0.6 is 11.3 Å². The number of nitrogens with zero attached hydrogens (tertiary/aromatic N) is 2. The molecule has 0 unspecified atom stereocenters. The molecule has 1 N–H and O–H groups in total. The van der Waals surface area contributed by atoms with E-state index in [2.05, 4.69) is 29.0 Å². The summed E-state index contributed by atoms with van der Waals surface area (Å²) in [6.07, 6.45) is 0. The molecule has 0 saturated heterocycles. The van der Waals surface area contributed by atoms with Gasteiger partial charge in [-0.25, -0.2) is 4.98 Å². The second-order valence-electron chi connectivity index (χ2n) is 5.61. The van der Waals surface area contributed by atoms with Crippen LogP contribution in [0.5, 0.6) is 0 Å². The number of thiazole rings is 1. The Balaban J connectivity index is 1.77. The molecule has 1 heterocycles. The number of benzene rings is 2. The quantitative estimate of drug-likeness (QED) is 0.732. The highest BCUT2D eigenvalue weighted by molar-refractivity contribution is 7.22. The fraction of sp³-hybridized carbons (Fsp3) is 0.263. The number of carbonyl (C=O) groups excluding carboxylic acids is 1. The van der Waals surface area contributed by atoms with Crippen molar-refractivity contribution in [3.05, 3.63) is 53.6 Å². The van der Waals surface area contributed by atoms with Crippen molar-refractivity contribution in [3.8, 4) is 0 Å². The van der Waals surface area contributed by atoms with Crippen molar-refractivity contribution >= 4 is 38.3 Å². The number of aromatic nitrogens is 1.